The Morgan fingerprint density at radius 2 is 1.77 bits per heavy atom. The second-order valence-electron chi connectivity index (χ2n) is 12.7. The summed E-state index contributed by atoms with van der Waals surface area (Å²) in [6, 6.07) is 0. The summed E-state index contributed by atoms with van der Waals surface area (Å²) in [4.78, 5) is 23.6. The van der Waals surface area contributed by atoms with E-state index in [9.17, 15) is 19.8 Å². The van der Waals surface area contributed by atoms with Crippen LogP contribution in [0.2, 0.25) is 0 Å². The number of hydrogen-bond acceptors (Lipinski definition) is 4. The fourth-order valence-corrected chi connectivity index (χ4v) is 9.27. The summed E-state index contributed by atoms with van der Waals surface area (Å²) >= 11 is 0. The van der Waals surface area contributed by atoms with Crippen LogP contribution in [0, 0.1) is 46.3 Å². The van der Waals surface area contributed by atoms with E-state index in [0.29, 0.717) is 55.0 Å². The van der Waals surface area contributed by atoms with Crippen molar-refractivity contribution in [3.63, 3.8) is 0 Å². The van der Waals surface area contributed by atoms with E-state index >= 15 is 0 Å². The zero-order chi connectivity index (χ0) is 25.4. The molecular weight excluding hydrogens is 440 g/mol. The van der Waals surface area contributed by atoms with Crippen LogP contribution in [0.4, 0.5) is 0 Å². The third-order valence-electron chi connectivity index (χ3n) is 11.3. The maximum atomic E-state index is 12.4. The van der Waals surface area contributed by atoms with E-state index in [-0.39, 0.29) is 34.9 Å². The molecule has 198 valence electrons. The highest BCUT2D eigenvalue weighted by Gasteiger charge is 2.63. The molecule has 0 spiro atoms. The summed E-state index contributed by atoms with van der Waals surface area (Å²) in [6.07, 6.45) is 10.8. The van der Waals surface area contributed by atoms with Gasteiger partial charge in [0, 0.05) is 19.5 Å². The molecule has 0 unspecified atom stereocenters. The van der Waals surface area contributed by atoms with Crippen molar-refractivity contribution in [2.75, 3.05) is 13.1 Å². The Morgan fingerprint density at radius 1 is 1.03 bits per heavy atom. The van der Waals surface area contributed by atoms with Crippen molar-refractivity contribution in [1.29, 1.82) is 0 Å². The molecule has 2 amide bonds. The lowest BCUT2D eigenvalue weighted by Crippen LogP contribution is -2.58. The average Bonchev–Trinajstić information content (AvgIpc) is 3.20. The van der Waals surface area contributed by atoms with Crippen LogP contribution in [0.25, 0.3) is 0 Å². The van der Waals surface area contributed by atoms with E-state index in [2.05, 4.69) is 38.0 Å². The van der Waals surface area contributed by atoms with Crippen LogP contribution in [0.1, 0.15) is 85.0 Å². The topological polar surface area (TPSA) is 98.7 Å². The van der Waals surface area contributed by atoms with E-state index in [1.807, 2.05) is 0 Å². The number of aliphatic hydroxyl groups is 2. The van der Waals surface area contributed by atoms with Gasteiger partial charge in [0.15, 0.2) is 0 Å². The van der Waals surface area contributed by atoms with Crippen LogP contribution in [0.5, 0.6) is 0 Å². The lowest BCUT2D eigenvalue weighted by atomic mass is 9.43. The van der Waals surface area contributed by atoms with Crippen LogP contribution in [0.3, 0.4) is 0 Å². The molecule has 0 aliphatic heterocycles. The summed E-state index contributed by atoms with van der Waals surface area (Å²) in [6.45, 7) is 11.3. The predicted octanol–water partition coefficient (Wildman–Crippen LogP) is 3.81. The molecule has 35 heavy (non-hydrogen) atoms. The van der Waals surface area contributed by atoms with Crippen molar-refractivity contribution >= 4 is 11.8 Å². The summed E-state index contributed by atoms with van der Waals surface area (Å²) in [5.74, 6) is 3.06. The number of carbonyl (C=O) groups is 2. The van der Waals surface area contributed by atoms with Gasteiger partial charge in [-0.25, -0.2) is 0 Å². The first-order chi connectivity index (χ1) is 16.6. The van der Waals surface area contributed by atoms with Gasteiger partial charge in [0.1, 0.15) is 0 Å². The monoisotopic (exact) mass is 488 g/mol. The van der Waals surface area contributed by atoms with Crippen molar-refractivity contribution in [2.24, 2.45) is 46.3 Å². The Hall–Kier alpha value is -1.40. The largest absolute Gasteiger partial charge is 0.393 e. The van der Waals surface area contributed by atoms with E-state index < -0.39 is 0 Å². The Kier molecular flexibility index (Phi) is 8.02. The second kappa shape index (κ2) is 10.5. The zero-order valence-electron chi connectivity index (χ0n) is 22.1. The van der Waals surface area contributed by atoms with Crippen molar-refractivity contribution in [3.05, 3.63) is 12.7 Å². The molecule has 0 aromatic carbocycles. The lowest BCUT2D eigenvalue weighted by Gasteiger charge is -2.62. The van der Waals surface area contributed by atoms with Gasteiger partial charge >= 0.3 is 0 Å². The first-order valence-corrected chi connectivity index (χ1v) is 14.1. The molecule has 4 aliphatic rings. The Morgan fingerprint density at radius 3 is 2.51 bits per heavy atom. The third-order valence-corrected chi connectivity index (χ3v) is 11.3. The highest BCUT2D eigenvalue weighted by molar-refractivity contribution is 5.86. The quantitative estimate of drug-likeness (QED) is 0.308. The average molecular weight is 489 g/mol. The SMILES string of the molecule is C=CC(=O)NCCNC(=O)CC[C@@H](C)[C@H]1CC[C@H]2[C@@H]3CC[C@@H]4C[C@H](O)CC[C@]4(C)[C@H]3C[C@H](O)[C@]12C. The standard InChI is InChI=1S/C29H48N2O4/c1-5-26(34)30-14-15-31-27(35)11-6-18(2)22-9-10-23-21-8-7-19-16-20(32)12-13-28(19,3)24(21)17-25(33)29(22,23)4/h5,18-25,32-33H,1,6-17H2,2-4H3,(H,30,34)(H,31,35)/t18-,19-,20-,21+,22-,23+,24+,25+,28+,29-/m1/s1. The van der Waals surface area contributed by atoms with Crippen molar-refractivity contribution < 1.29 is 19.8 Å². The number of fused-ring (bicyclic) bond motifs is 5. The van der Waals surface area contributed by atoms with Crippen LogP contribution in [-0.2, 0) is 9.59 Å². The zero-order valence-corrected chi connectivity index (χ0v) is 22.1. The molecule has 10 atom stereocenters. The second-order valence-corrected chi connectivity index (χ2v) is 12.7. The number of amides is 2. The maximum absolute atomic E-state index is 12.4. The normalized spacial score (nSPS) is 43.3. The first-order valence-electron chi connectivity index (χ1n) is 14.1. The van der Waals surface area contributed by atoms with E-state index in [1.165, 1.54) is 25.3 Å². The van der Waals surface area contributed by atoms with Gasteiger partial charge in [-0.2, -0.15) is 0 Å². The molecule has 4 saturated carbocycles. The van der Waals surface area contributed by atoms with Gasteiger partial charge in [-0.1, -0.05) is 27.4 Å². The van der Waals surface area contributed by atoms with Crippen LogP contribution in [-0.4, -0.2) is 47.3 Å². The smallest absolute Gasteiger partial charge is 0.243 e. The number of aliphatic hydroxyl groups excluding tert-OH is 2. The Labute approximate surface area is 211 Å². The van der Waals surface area contributed by atoms with E-state index in [4.69, 9.17) is 0 Å². The summed E-state index contributed by atoms with van der Waals surface area (Å²) < 4.78 is 0. The molecule has 4 aliphatic carbocycles. The van der Waals surface area contributed by atoms with Crippen LogP contribution in [0.15, 0.2) is 12.7 Å². The van der Waals surface area contributed by atoms with E-state index in [1.54, 1.807) is 0 Å². The summed E-state index contributed by atoms with van der Waals surface area (Å²) in [5, 5.41) is 27.5. The fraction of sp³-hybridized carbons (Fsp3) is 0.862. The molecular formula is C29H48N2O4. The highest BCUT2D eigenvalue weighted by Crippen LogP contribution is 2.68. The molecule has 4 N–H and O–H groups in total. The molecule has 6 nitrogen and oxygen atoms in total. The molecule has 0 aromatic heterocycles. The van der Waals surface area contributed by atoms with Crippen molar-refractivity contribution in [1.82, 2.24) is 10.6 Å². The minimum Gasteiger partial charge on any atom is -0.393 e. The molecule has 0 radical (unpaired) electrons. The minimum absolute atomic E-state index is 0.0272. The molecule has 6 heteroatoms. The number of hydrogen-bond donors (Lipinski definition) is 4. The summed E-state index contributed by atoms with van der Waals surface area (Å²) in [7, 11) is 0. The van der Waals surface area contributed by atoms with Crippen LogP contribution >= 0.6 is 0 Å². The predicted molar refractivity (Wildman–Crippen MR) is 137 cm³/mol. The van der Waals surface area contributed by atoms with Gasteiger partial charge in [-0.15, -0.1) is 0 Å². The fourth-order valence-electron chi connectivity index (χ4n) is 9.27. The van der Waals surface area contributed by atoms with Gasteiger partial charge in [-0.05, 0) is 110 Å². The molecule has 4 fully saturated rings. The molecule has 0 heterocycles. The molecule has 0 aromatic rings. The Balaban J connectivity index is 1.35. The third kappa shape index (κ3) is 4.94. The number of carbonyl (C=O) groups excluding carboxylic acids is 2. The van der Waals surface area contributed by atoms with Crippen LogP contribution < -0.4 is 10.6 Å². The molecule has 4 rings (SSSR count). The highest BCUT2D eigenvalue weighted by atomic mass is 16.3. The van der Waals surface area contributed by atoms with Gasteiger partial charge in [-0.3, -0.25) is 9.59 Å². The minimum atomic E-state index is -0.284. The van der Waals surface area contributed by atoms with Crippen molar-refractivity contribution in [2.45, 2.75) is 97.2 Å². The summed E-state index contributed by atoms with van der Waals surface area (Å²) in [5.41, 5.74) is 0.195. The molecule has 0 saturated heterocycles. The van der Waals surface area contributed by atoms with Gasteiger partial charge in [0.2, 0.25) is 11.8 Å². The maximum Gasteiger partial charge on any atom is 0.243 e. The van der Waals surface area contributed by atoms with Gasteiger partial charge in [0.05, 0.1) is 12.2 Å². The van der Waals surface area contributed by atoms with Gasteiger partial charge in [0.25, 0.3) is 0 Å². The number of rotatable bonds is 8. The molecule has 0 bridgehead atoms. The first kappa shape index (κ1) is 26.7. The van der Waals surface area contributed by atoms with Crippen molar-refractivity contribution in [3.8, 4) is 0 Å². The lowest BCUT2D eigenvalue weighted by molar-refractivity contribution is -0.174. The Bertz CT molecular complexity index is 802. The van der Waals surface area contributed by atoms with E-state index in [0.717, 1.165) is 38.5 Å². The number of nitrogens with one attached hydrogen (secondary N) is 2. The van der Waals surface area contributed by atoms with Gasteiger partial charge < -0.3 is 20.8 Å².